The summed E-state index contributed by atoms with van der Waals surface area (Å²) in [6.07, 6.45) is 1.11. The average Bonchev–Trinajstić information content (AvgIpc) is 3.17. The quantitative estimate of drug-likeness (QED) is 0.734. The number of carbonyl (C=O) groups excluding carboxylic acids is 1. The molecule has 1 fully saturated rings. The normalized spacial score (nSPS) is 20.3. The Morgan fingerprint density at radius 3 is 2.36 bits per heavy atom. The van der Waals surface area contributed by atoms with Crippen LogP contribution in [0.4, 0.5) is 11.4 Å². The molecule has 150 valence electrons. The molecule has 0 unspecified atom stereocenters. The number of benzene rings is 2. The smallest absolute Gasteiger partial charge is 0.229 e. The van der Waals surface area contributed by atoms with Crippen LogP contribution >= 0.6 is 11.6 Å². The Bertz CT molecular complexity index is 1000. The van der Waals surface area contributed by atoms with Crippen LogP contribution in [0.1, 0.15) is 25.3 Å². The Morgan fingerprint density at radius 2 is 1.79 bits per heavy atom. The minimum absolute atomic E-state index is 0.0324. The van der Waals surface area contributed by atoms with Crippen LogP contribution in [0.25, 0.3) is 0 Å². The first kappa shape index (κ1) is 20.5. The van der Waals surface area contributed by atoms with Crippen molar-refractivity contribution in [3.8, 4) is 5.75 Å². The van der Waals surface area contributed by atoms with Gasteiger partial charge in [-0.1, -0.05) is 37.6 Å². The van der Waals surface area contributed by atoms with Gasteiger partial charge in [-0.2, -0.15) is 0 Å². The van der Waals surface area contributed by atoms with E-state index in [1.807, 2.05) is 26.0 Å². The molecule has 0 aromatic heterocycles. The first-order chi connectivity index (χ1) is 13.0. The van der Waals surface area contributed by atoms with Gasteiger partial charge in [-0.15, -0.1) is 0 Å². The number of ether oxygens (including phenoxy) is 1. The molecule has 1 saturated carbocycles. The highest BCUT2D eigenvalue weighted by Gasteiger charge is 2.62. The molecule has 2 aromatic carbocycles. The fourth-order valence-corrected chi connectivity index (χ4v) is 4.45. The molecule has 1 aliphatic carbocycles. The van der Waals surface area contributed by atoms with Gasteiger partial charge in [0.1, 0.15) is 5.75 Å². The molecule has 0 spiro atoms. The maximum atomic E-state index is 12.9. The lowest BCUT2D eigenvalue weighted by atomic mass is 10.0. The second kappa shape index (κ2) is 7.29. The summed E-state index contributed by atoms with van der Waals surface area (Å²) in [7, 11) is -1.79. The van der Waals surface area contributed by atoms with E-state index in [-0.39, 0.29) is 23.2 Å². The first-order valence-electron chi connectivity index (χ1n) is 8.75. The topological polar surface area (TPSA) is 84.5 Å². The van der Waals surface area contributed by atoms with Gasteiger partial charge in [-0.05, 0) is 41.3 Å². The molecule has 0 aliphatic heterocycles. The van der Waals surface area contributed by atoms with E-state index in [0.717, 1.165) is 11.8 Å². The van der Waals surface area contributed by atoms with Crippen molar-refractivity contribution in [3.05, 3.63) is 53.1 Å². The van der Waals surface area contributed by atoms with Crippen molar-refractivity contribution < 1.29 is 17.9 Å². The van der Waals surface area contributed by atoms with Gasteiger partial charge in [-0.3, -0.25) is 9.52 Å². The number of methoxy groups -OCH3 is 1. The van der Waals surface area contributed by atoms with Crippen molar-refractivity contribution in [1.29, 1.82) is 0 Å². The van der Waals surface area contributed by atoms with Crippen LogP contribution < -0.4 is 14.8 Å². The molecule has 6 nitrogen and oxygen atoms in total. The average molecular weight is 423 g/mol. The SMILES string of the molecule is COc1ccc(Cl)cc1NC(=O)[C@H]1[C@H](c2ccc(NS(C)(=O)=O)cc2)C1(C)C. The summed E-state index contributed by atoms with van der Waals surface area (Å²) < 4.78 is 30.4. The Hall–Kier alpha value is -2.25. The Labute approximate surface area is 170 Å². The molecule has 2 atom stereocenters. The number of nitrogens with one attached hydrogen (secondary N) is 2. The van der Waals surface area contributed by atoms with E-state index in [0.29, 0.717) is 22.1 Å². The summed E-state index contributed by atoms with van der Waals surface area (Å²) >= 11 is 6.04. The van der Waals surface area contributed by atoms with E-state index in [2.05, 4.69) is 10.0 Å². The van der Waals surface area contributed by atoms with Gasteiger partial charge in [0.2, 0.25) is 15.9 Å². The number of amides is 1. The van der Waals surface area contributed by atoms with Gasteiger partial charge < -0.3 is 10.1 Å². The zero-order valence-electron chi connectivity index (χ0n) is 16.1. The lowest BCUT2D eigenvalue weighted by molar-refractivity contribution is -0.118. The van der Waals surface area contributed by atoms with Gasteiger partial charge in [0, 0.05) is 16.6 Å². The lowest BCUT2D eigenvalue weighted by Crippen LogP contribution is -2.17. The predicted octanol–water partition coefficient (Wildman–Crippen LogP) is 4.10. The van der Waals surface area contributed by atoms with Crippen molar-refractivity contribution in [1.82, 2.24) is 0 Å². The van der Waals surface area contributed by atoms with Crippen LogP contribution in [0.2, 0.25) is 5.02 Å². The third-order valence-corrected chi connectivity index (χ3v) is 5.94. The van der Waals surface area contributed by atoms with Crippen LogP contribution in [0.3, 0.4) is 0 Å². The van der Waals surface area contributed by atoms with E-state index in [9.17, 15) is 13.2 Å². The highest BCUT2D eigenvalue weighted by molar-refractivity contribution is 7.92. The van der Waals surface area contributed by atoms with Crippen molar-refractivity contribution in [2.75, 3.05) is 23.4 Å². The first-order valence-corrected chi connectivity index (χ1v) is 11.0. The minimum Gasteiger partial charge on any atom is -0.495 e. The molecule has 1 aliphatic rings. The fraction of sp³-hybridized carbons (Fsp3) is 0.350. The van der Waals surface area contributed by atoms with Crippen LogP contribution in [0, 0.1) is 11.3 Å². The van der Waals surface area contributed by atoms with Crippen LogP contribution in [0.15, 0.2) is 42.5 Å². The zero-order chi connectivity index (χ0) is 20.7. The van der Waals surface area contributed by atoms with E-state index in [4.69, 9.17) is 16.3 Å². The molecular weight excluding hydrogens is 400 g/mol. The molecule has 0 bridgehead atoms. The second-order valence-electron chi connectivity index (χ2n) is 7.61. The molecule has 2 N–H and O–H groups in total. The highest BCUT2D eigenvalue weighted by Crippen LogP contribution is 2.64. The van der Waals surface area contributed by atoms with E-state index >= 15 is 0 Å². The summed E-state index contributed by atoms with van der Waals surface area (Å²) in [5.74, 6) is 0.257. The van der Waals surface area contributed by atoms with Gasteiger partial charge >= 0.3 is 0 Å². The standard InChI is InChI=1S/C20H23ClN2O4S/c1-20(2)17(12-5-8-14(9-6-12)23-28(4,25)26)18(20)19(24)22-15-11-13(21)7-10-16(15)27-3/h5-11,17-18,23H,1-4H3,(H,22,24)/t17-,18+/m0/s1. The number of hydrogen-bond donors (Lipinski definition) is 2. The molecular formula is C20H23ClN2O4S. The molecule has 8 heteroatoms. The van der Waals surface area contributed by atoms with Crippen LogP contribution in [-0.4, -0.2) is 27.7 Å². The zero-order valence-corrected chi connectivity index (χ0v) is 17.7. The summed E-state index contributed by atoms with van der Waals surface area (Å²) in [5, 5.41) is 3.43. The number of anilines is 2. The predicted molar refractivity (Wildman–Crippen MR) is 112 cm³/mol. The van der Waals surface area contributed by atoms with Gasteiger partial charge in [-0.25, -0.2) is 8.42 Å². The van der Waals surface area contributed by atoms with E-state index in [1.54, 1.807) is 30.3 Å². The van der Waals surface area contributed by atoms with Crippen LogP contribution in [0.5, 0.6) is 5.75 Å². The molecule has 0 saturated heterocycles. The van der Waals surface area contributed by atoms with E-state index < -0.39 is 10.0 Å². The maximum absolute atomic E-state index is 12.9. The monoisotopic (exact) mass is 422 g/mol. The fourth-order valence-electron chi connectivity index (χ4n) is 3.71. The highest BCUT2D eigenvalue weighted by atomic mass is 35.5. The maximum Gasteiger partial charge on any atom is 0.229 e. The van der Waals surface area contributed by atoms with Crippen molar-refractivity contribution in [3.63, 3.8) is 0 Å². The molecule has 28 heavy (non-hydrogen) atoms. The molecule has 0 heterocycles. The Kier molecular flexibility index (Phi) is 5.34. The second-order valence-corrected chi connectivity index (χ2v) is 9.79. The van der Waals surface area contributed by atoms with Crippen LogP contribution in [-0.2, 0) is 14.8 Å². The van der Waals surface area contributed by atoms with E-state index in [1.165, 1.54) is 7.11 Å². The third kappa shape index (κ3) is 4.25. The number of hydrogen-bond acceptors (Lipinski definition) is 4. The van der Waals surface area contributed by atoms with Gasteiger partial charge in [0.25, 0.3) is 0 Å². The van der Waals surface area contributed by atoms with Crippen molar-refractivity contribution in [2.24, 2.45) is 11.3 Å². The molecule has 0 radical (unpaired) electrons. The number of sulfonamides is 1. The minimum atomic E-state index is -3.32. The Balaban J connectivity index is 1.77. The third-order valence-electron chi connectivity index (χ3n) is 5.10. The summed E-state index contributed by atoms with van der Waals surface area (Å²) in [5.41, 5.74) is 1.80. The molecule has 2 aromatic rings. The number of halogens is 1. The summed E-state index contributed by atoms with van der Waals surface area (Å²) in [6, 6.07) is 12.2. The van der Waals surface area contributed by atoms with Gasteiger partial charge in [0.15, 0.2) is 0 Å². The van der Waals surface area contributed by atoms with Gasteiger partial charge in [0.05, 0.1) is 25.0 Å². The largest absolute Gasteiger partial charge is 0.495 e. The van der Waals surface area contributed by atoms with Crippen molar-refractivity contribution in [2.45, 2.75) is 19.8 Å². The lowest BCUT2D eigenvalue weighted by Gasteiger charge is -2.11. The number of carbonyl (C=O) groups is 1. The number of rotatable bonds is 6. The molecule has 3 rings (SSSR count). The summed E-state index contributed by atoms with van der Waals surface area (Å²) in [6.45, 7) is 4.08. The molecule has 1 amide bonds. The Morgan fingerprint density at radius 1 is 1.14 bits per heavy atom. The summed E-state index contributed by atoms with van der Waals surface area (Å²) in [4.78, 5) is 12.9. The van der Waals surface area contributed by atoms with Crippen molar-refractivity contribution >= 4 is 38.9 Å².